The third-order valence-electron chi connectivity index (χ3n) is 6.64. The van der Waals surface area contributed by atoms with Gasteiger partial charge in [-0.25, -0.2) is 4.79 Å². The van der Waals surface area contributed by atoms with E-state index in [1.807, 2.05) is 6.92 Å². The highest BCUT2D eigenvalue weighted by Gasteiger charge is 2.21. The maximum absolute atomic E-state index is 11.2. The van der Waals surface area contributed by atoms with Crippen molar-refractivity contribution >= 4 is 6.16 Å². The SMILES string of the molecule is CCCCCCCCCCc1cc(OC(=O)O)c(O)c(OCCC)c1CCCCCCCCCC. The van der Waals surface area contributed by atoms with Crippen LogP contribution in [0, 0.1) is 0 Å². The average Bonchev–Trinajstić information content (AvgIpc) is 2.83. The van der Waals surface area contributed by atoms with E-state index in [0.29, 0.717) is 12.4 Å². The van der Waals surface area contributed by atoms with Gasteiger partial charge in [-0.2, -0.15) is 0 Å². The standard InChI is InChI=1S/C30H52O5/c1-4-7-9-11-13-15-17-19-21-25-24-27(35-30(32)33)28(31)29(34-23-6-3)26(25)22-20-18-16-14-12-10-8-5-2/h24,31H,4-23H2,1-3H3,(H,32,33). The number of aromatic hydroxyl groups is 1. The smallest absolute Gasteiger partial charge is 0.502 e. The van der Waals surface area contributed by atoms with E-state index >= 15 is 0 Å². The third kappa shape index (κ3) is 13.7. The van der Waals surface area contributed by atoms with Crippen LogP contribution in [0.4, 0.5) is 4.79 Å². The highest BCUT2D eigenvalue weighted by atomic mass is 16.7. The molecular weight excluding hydrogens is 440 g/mol. The monoisotopic (exact) mass is 492 g/mol. The molecule has 35 heavy (non-hydrogen) atoms. The number of carboxylic acid groups (broad SMARTS) is 1. The molecule has 0 radical (unpaired) electrons. The molecule has 5 nitrogen and oxygen atoms in total. The molecule has 0 saturated heterocycles. The zero-order valence-electron chi connectivity index (χ0n) is 22.8. The van der Waals surface area contributed by atoms with Crippen molar-refractivity contribution in [1.29, 1.82) is 0 Å². The molecule has 0 unspecified atom stereocenters. The average molecular weight is 493 g/mol. The summed E-state index contributed by atoms with van der Waals surface area (Å²) >= 11 is 0. The first-order valence-electron chi connectivity index (χ1n) is 14.5. The van der Waals surface area contributed by atoms with E-state index in [9.17, 15) is 9.90 Å². The van der Waals surface area contributed by atoms with Gasteiger partial charge in [-0.15, -0.1) is 0 Å². The van der Waals surface area contributed by atoms with Gasteiger partial charge in [0.2, 0.25) is 5.75 Å². The molecule has 1 aromatic carbocycles. The fourth-order valence-electron chi connectivity index (χ4n) is 4.63. The van der Waals surface area contributed by atoms with E-state index in [2.05, 4.69) is 13.8 Å². The highest BCUT2D eigenvalue weighted by Crippen LogP contribution is 2.43. The summed E-state index contributed by atoms with van der Waals surface area (Å²) in [5.41, 5.74) is 2.08. The van der Waals surface area contributed by atoms with Gasteiger partial charge in [-0.1, -0.05) is 111 Å². The lowest BCUT2D eigenvalue weighted by Crippen LogP contribution is -2.08. The number of benzene rings is 1. The summed E-state index contributed by atoms with van der Waals surface area (Å²) in [5.74, 6) is 0.219. The molecule has 0 amide bonds. The van der Waals surface area contributed by atoms with E-state index < -0.39 is 6.16 Å². The normalized spacial score (nSPS) is 11.1. The fourth-order valence-corrected chi connectivity index (χ4v) is 4.63. The van der Waals surface area contributed by atoms with Gasteiger partial charge in [0.25, 0.3) is 0 Å². The Labute approximate surface area is 214 Å². The van der Waals surface area contributed by atoms with Crippen LogP contribution >= 0.6 is 0 Å². The van der Waals surface area contributed by atoms with Crippen LogP contribution in [0.1, 0.15) is 141 Å². The van der Waals surface area contributed by atoms with Crippen molar-refractivity contribution < 1.29 is 24.5 Å². The lowest BCUT2D eigenvalue weighted by Gasteiger charge is -2.19. The second-order valence-corrected chi connectivity index (χ2v) is 9.86. The van der Waals surface area contributed by atoms with Gasteiger partial charge in [0.15, 0.2) is 11.5 Å². The molecule has 0 aliphatic heterocycles. The quantitative estimate of drug-likeness (QED) is 0.0957. The minimum atomic E-state index is -1.42. The van der Waals surface area contributed by atoms with Crippen molar-refractivity contribution in [3.05, 3.63) is 17.2 Å². The van der Waals surface area contributed by atoms with Crippen LogP contribution in [0.5, 0.6) is 17.2 Å². The van der Waals surface area contributed by atoms with Crippen molar-refractivity contribution in [2.45, 2.75) is 143 Å². The van der Waals surface area contributed by atoms with Crippen molar-refractivity contribution in [2.24, 2.45) is 0 Å². The summed E-state index contributed by atoms with van der Waals surface area (Å²) in [6.07, 6.45) is 20.9. The predicted molar refractivity (Wildman–Crippen MR) is 145 cm³/mol. The van der Waals surface area contributed by atoms with Crippen LogP contribution in [0.25, 0.3) is 0 Å². The molecule has 1 rings (SSSR count). The zero-order chi connectivity index (χ0) is 25.7. The molecule has 0 fully saturated rings. The Morgan fingerprint density at radius 3 is 1.69 bits per heavy atom. The van der Waals surface area contributed by atoms with Crippen molar-refractivity contribution in [3.63, 3.8) is 0 Å². The van der Waals surface area contributed by atoms with E-state index in [1.165, 1.54) is 77.0 Å². The molecule has 2 N–H and O–H groups in total. The number of carbonyl (C=O) groups is 1. The summed E-state index contributed by atoms with van der Waals surface area (Å²) < 4.78 is 10.9. The topological polar surface area (TPSA) is 76.0 Å². The summed E-state index contributed by atoms with van der Waals surface area (Å²) in [6.45, 7) is 6.98. The van der Waals surface area contributed by atoms with Crippen molar-refractivity contribution in [3.8, 4) is 17.2 Å². The Balaban J connectivity index is 2.84. The number of ether oxygens (including phenoxy) is 2. The number of hydrogen-bond acceptors (Lipinski definition) is 4. The maximum atomic E-state index is 11.2. The Bertz CT molecular complexity index is 686. The van der Waals surface area contributed by atoms with E-state index in [4.69, 9.17) is 14.6 Å². The summed E-state index contributed by atoms with van der Waals surface area (Å²) in [7, 11) is 0. The molecular formula is C30H52O5. The number of hydrogen-bond donors (Lipinski definition) is 2. The Kier molecular flexibility index (Phi) is 18.0. The molecule has 0 spiro atoms. The van der Waals surface area contributed by atoms with Crippen LogP contribution in [0.3, 0.4) is 0 Å². The van der Waals surface area contributed by atoms with Gasteiger partial charge >= 0.3 is 6.16 Å². The van der Waals surface area contributed by atoms with Crippen LogP contribution in [0.2, 0.25) is 0 Å². The van der Waals surface area contributed by atoms with E-state index in [-0.39, 0.29) is 11.5 Å². The Hall–Kier alpha value is -1.91. The first kappa shape index (κ1) is 31.1. The fraction of sp³-hybridized carbons (Fsp3) is 0.767. The molecule has 0 aliphatic carbocycles. The van der Waals surface area contributed by atoms with Crippen molar-refractivity contribution in [2.75, 3.05) is 6.61 Å². The van der Waals surface area contributed by atoms with Crippen LogP contribution in [-0.4, -0.2) is 23.0 Å². The van der Waals surface area contributed by atoms with Gasteiger partial charge in [0.05, 0.1) is 6.61 Å². The Morgan fingerprint density at radius 2 is 1.20 bits per heavy atom. The lowest BCUT2D eigenvalue weighted by atomic mass is 9.94. The van der Waals surface area contributed by atoms with E-state index in [1.54, 1.807) is 6.07 Å². The molecule has 0 heterocycles. The lowest BCUT2D eigenvalue weighted by molar-refractivity contribution is 0.142. The number of rotatable bonds is 22. The van der Waals surface area contributed by atoms with Crippen molar-refractivity contribution in [1.82, 2.24) is 0 Å². The molecule has 0 aromatic heterocycles. The molecule has 0 saturated carbocycles. The highest BCUT2D eigenvalue weighted by molar-refractivity contribution is 5.67. The van der Waals surface area contributed by atoms with Gasteiger partial charge in [-0.05, 0) is 43.7 Å². The maximum Gasteiger partial charge on any atom is 0.511 e. The minimum Gasteiger partial charge on any atom is -0.502 e. The summed E-state index contributed by atoms with van der Waals surface area (Å²) in [6, 6.07) is 1.73. The number of unbranched alkanes of at least 4 members (excludes halogenated alkanes) is 14. The third-order valence-corrected chi connectivity index (χ3v) is 6.64. The van der Waals surface area contributed by atoms with Gasteiger partial charge in [0, 0.05) is 5.56 Å². The molecule has 1 aromatic rings. The zero-order valence-corrected chi connectivity index (χ0v) is 22.8. The predicted octanol–water partition coefficient (Wildman–Crippen LogP) is 9.60. The number of phenols is 1. The molecule has 0 bridgehead atoms. The molecule has 202 valence electrons. The molecule has 0 aliphatic rings. The van der Waals surface area contributed by atoms with Crippen LogP contribution < -0.4 is 9.47 Å². The minimum absolute atomic E-state index is 0.0159. The van der Waals surface area contributed by atoms with Crippen LogP contribution in [-0.2, 0) is 12.8 Å². The number of aryl methyl sites for hydroxylation is 1. The Morgan fingerprint density at radius 1 is 0.714 bits per heavy atom. The second-order valence-electron chi connectivity index (χ2n) is 9.86. The molecule has 5 heteroatoms. The van der Waals surface area contributed by atoms with E-state index in [0.717, 1.165) is 56.1 Å². The summed E-state index contributed by atoms with van der Waals surface area (Å²) in [5, 5.41) is 19.9. The first-order chi connectivity index (χ1) is 17.0. The first-order valence-corrected chi connectivity index (χ1v) is 14.5. The van der Waals surface area contributed by atoms with Gasteiger partial charge in [-0.3, -0.25) is 0 Å². The second kappa shape index (κ2) is 20.3. The van der Waals surface area contributed by atoms with Gasteiger partial charge < -0.3 is 19.7 Å². The molecule has 0 atom stereocenters. The number of phenolic OH excluding ortho intramolecular Hbond substituents is 1. The summed E-state index contributed by atoms with van der Waals surface area (Å²) in [4.78, 5) is 11.2. The van der Waals surface area contributed by atoms with Crippen LogP contribution in [0.15, 0.2) is 6.07 Å². The largest absolute Gasteiger partial charge is 0.511 e. The van der Waals surface area contributed by atoms with Gasteiger partial charge in [0.1, 0.15) is 0 Å².